The van der Waals surface area contributed by atoms with Crippen LogP contribution in [0, 0.1) is 0 Å². The first kappa shape index (κ1) is 14.7. The summed E-state index contributed by atoms with van der Waals surface area (Å²) in [4.78, 5) is 11.5. The molecule has 15 heavy (non-hydrogen) atoms. The number of rotatable bonds is 8. The predicted octanol–water partition coefficient (Wildman–Crippen LogP) is 0.479. The monoisotopic (exact) mass is 234 g/mol. The van der Waals surface area contributed by atoms with Crippen molar-refractivity contribution in [1.82, 2.24) is 10.6 Å². The highest BCUT2D eigenvalue weighted by molar-refractivity contribution is 7.98. The van der Waals surface area contributed by atoms with Gasteiger partial charge in [0.15, 0.2) is 0 Å². The Morgan fingerprint density at radius 1 is 1.47 bits per heavy atom. The molecular weight excluding hydrogens is 212 g/mol. The van der Waals surface area contributed by atoms with Crippen molar-refractivity contribution in [1.29, 1.82) is 0 Å². The highest BCUT2D eigenvalue weighted by Crippen LogP contribution is 1.97. The lowest BCUT2D eigenvalue weighted by Gasteiger charge is -2.18. The number of methoxy groups -OCH3 is 1. The van der Waals surface area contributed by atoms with E-state index in [9.17, 15) is 4.79 Å². The molecule has 0 aromatic carbocycles. The molecule has 0 rings (SSSR count). The second-order valence-corrected chi connectivity index (χ2v) is 4.44. The van der Waals surface area contributed by atoms with Crippen molar-refractivity contribution < 1.29 is 9.53 Å². The van der Waals surface area contributed by atoms with Gasteiger partial charge in [0.1, 0.15) is 0 Å². The van der Waals surface area contributed by atoms with E-state index in [0.29, 0.717) is 19.2 Å². The van der Waals surface area contributed by atoms with Gasteiger partial charge in [0.2, 0.25) is 5.91 Å². The third-order valence-electron chi connectivity index (χ3n) is 1.95. The zero-order valence-corrected chi connectivity index (χ0v) is 10.8. The molecule has 0 heterocycles. The Bertz CT molecular complexity index is 179. The summed E-state index contributed by atoms with van der Waals surface area (Å²) < 4.78 is 4.85. The maximum Gasteiger partial charge on any atom is 0.236 e. The first-order valence-electron chi connectivity index (χ1n) is 5.13. The van der Waals surface area contributed by atoms with Crippen molar-refractivity contribution in [2.45, 2.75) is 25.9 Å². The molecule has 0 spiro atoms. The molecule has 4 nitrogen and oxygen atoms in total. The molecular formula is C10H22N2O2S. The number of carbonyl (C=O) groups excluding carboxylic acids is 1. The Hall–Kier alpha value is -0.260. The highest BCUT2D eigenvalue weighted by Gasteiger charge is 2.13. The van der Waals surface area contributed by atoms with Gasteiger partial charge < -0.3 is 15.4 Å². The molecule has 1 amide bonds. The Kier molecular flexibility index (Phi) is 8.85. The van der Waals surface area contributed by atoms with Gasteiger partial charge in [-0.05, 0) is 20.1 Å². The van der Waals surface area contributed by atoms with E-state index in [1.54, 1.807) is 18.9 Å². The zero-order chi connectivity index (χ0) is 11.7. The van der Waals surface area contributed by atoms with Crippen LogP contribution < -0.4 is 10.6 Å². The van der Waals surface area contributed by atoms with Crippen molar-refractivity contribution in [3.8, 4) is 0 Å². The van der Waals surface area contributed by atoms with E-state index in [1.807, 2.05) is 6.92 Å². The van der Waals surface area contributed by atoms with Gasteiger partial charge in [-0.25, -0.2) is 0 Å². The first-order chi connectivity index (χ1) is 7.11. The molecule has 0 saturated heterocycles. The molecule has 0 aliphatic rings. The third kappa shape index (κ3) is 7.64. The van der Waals surface area contributed by atoms with Crippen LogP contribution in [-0.4, -0.2) is 50.3 Å². The normalized spacial score (nSPS) is 14.7. The summed E-state index contributed by atoms with van der Waals surface area (Å²) in [5.41, 5.74) is 0. The largest absolute Gasteiger partial charge is 0.383 e. The van der Waals surface area contributed by atoms with Gasteiger partial charge in [-0.3, -0.25) is 4.79 Å². The van der Waals surface area contributed by atoms with Gasteiger partial charge in [-0.1, -0.05) is 0 Å². The summed E-state index contributed by atoms with van der Waals surface area (Å²) in [6, 6.07) is 0.201. The van der Waals surface area contributed by atoms with Gasteiger partial charge >= 0.3 is 0 Å². The zero-order valence-electron chi connectivity index (χ0n) is 10.0. The predicted molar refractivity (Wildman–Crippen MR) is 65.3 cm³/mol. The van der Waals surface area contributed by atoms with Crippen LogP contribution >= 0.6 is 11.8 Å². The summed E-state index contributed by atoms with van der Waals surface area (Å²) >= 11 is 1.77. The van der Waals surface area contributed by atoms with E-state index in [2.05, 4.69) is 23.8 Å². The molecule has 2 N–H and O–H groups in total. The number of nitrogens with one attached hydrogen (secondary N) is 2. The van der Waals surface area contributed by atoms with Gasteiger partial charge in [-0.2, -0.15) is 11.8 Å². The number of thioether (sulfide) groups is 1. The van der Waals surface area contributed by atoms with Crippen LogP contribution in [0.2, 0.25) is 0 Å². The quantitative estimate of drug-likeness (QED) is 0.600. The van der Waals surface area contributed by atoms with Gasteiger partial charge in [0.05, 0.1) is 12.6 Å². The van der Waals surface area contributed by atoms with E-state index >= 15 is 0 Å². The van der Waals surface area contributed by atoms with E-state index in [4.69, 9.17) is 4.74 Å². The van der Waals surface area contributed by atoms with Crippen LogP contribution in [0.15, 0.2) is 0 Å². The Labute approximate surface area is 96.5 Å². The SMILES string of the molecule is COCCNC(=O)C(C)NC(C)CSC. The second kappa shape index (κ2) is 9.00. The minimum atomic E-state index is -0.149. The van der Waals surface area contributed by atoms with E-state index in [0.717, 1.165) is 5.75 Å². The summed E-state index contributed by atoms with van der Waals surface area (Å²) in [5, 5.41) is 6.03. The molecule has 0 aliphatic heterocycles. The van der Waals surface area contributed by atoms with Crippen LogP contribution in [0.1, 0.15) is 13.8 Å². The maximum absolute atomic E-state index is 11.5. The number of ether oxygens (including phenoxy) is 1. The number of carbonyl (C=O) groups is 1. The molecule has 0 fully saturated rings. The molecule has 0 aliphatic carbocycles. The average Bonchev–Trinajstić information content (AvgIpc) is 2.18. The lowest BCUT2D eigenvalue weighted by atomic mass is 10.2. The summed E-state index contributed by atoms with van der Waals surface area (Å²) in [7, 11) is 1.62. The van der Waals surface area contributed by atoms with E-state index < -0.39 is 0 Å². The molecule has 2 atom stereocenters. The van der Waals surface area contributed by atoms with Crippen LogP contribution in [0.25, 0.3) is 0 Å². The van der Waals surface area contributed by atoms with Crippen LogP contribution in [0.4, 0.5) is 0 Å². The molecule has 2 unspecified atom stereocenters. The number of hydrogen-bond acceptors (Lipinski definition) is 4. The topological polar surface area (TPSA) is 50.4 Å². The van der Waals surface area contributed by atoms with Crippen molar-refractivity contribution in [2.75, 3.05) is 32.3 Å². The smallest absolute Gasteiger partial charge is 0.236 e. The molecule has 90 valence electrons. The lowest BCUT2D eigenvalue weighted by Crippen LogP contribution is -2.47. The Morgan fingerprint density at radius 3 is 2.67 bits per heavy atom. The molecule has 0 saturated carbocycles. The van der Waals surface area contributed by atoms with Gasteiger partial charge in [-0.15, -0.1) is 0 Å². The van der Waals surface area contributed by atoms with Crippen molar-refractivity contribution in [2.24, 2.45) is 0 Å². The summed E-state index contributed by atoms with van der Waals surface area (Å²) in [5.74, 6) is 1.04. The van der Waals surface area contributed by atoms with E-state index in [1.165, 1.54) is 0 Å². The molecule has 0 radical (unpaired) electrons. The average molecular weight is 234 g/mol. The standard InChI is InChI=1S/C10H22N2O2S/c1-8(7-15-4)12-9(2)10(13)11-5-6-14-3/h8-9,12H,5-7H2,1-4H3,(H,11,13). The summed E-state index contributed by atoms with van der Waals surface area (Å²) in [6.45, 7) is 5.07. The van der Waals surface area contributed by atoms with Gasteiger partial charge in [0.25, 0.3) is 0 Å². The maximum atomic E-state index is 11.5. The fourth-order valence-electron chi connectivity index (χ4n) is 1.23. The van der Waals surface area contributed by atoms with Gasteiger partial charge in [0, 0.05) is 25.4 Å². The van der Waals surface area contributed by atoms with E-state index in [-0.39, 0.29) is 11.9 Å². The van der Waals surface area contributed by atoms with Crippen molar-refractivity contribution >= 4 is 17.7 Å². The molecule has 0 aromatic rings. The van der Waals surface area contributed by atoms with Crippen LogP contribution in [0.3, 0.4) is 0 Å². The van der Waals surface area contributed by atoms with Crippen LogP contribution in [-0.2, 0) is 9.53 Å². The van der Waals surface area contributed by atoms with Crippen LogP contribution in [0.5, 0.6) is 0 Å². The molecule has 0 bridgehead atoms. The first-order valence-corrected chi connectivity index (χ1v) is 6.52. The molecule has 5 heteroatoms. The third-order valence-corrected chi connectivity index (χ3v) is 2.78. The lowest BCUT2D eigenvalue weighted by molar-refractivity contribution is -0.123. The Balaban J connectivity index is 3.68. The minimum Gasteiger partial charge on any atom is -0.383 e. The second-order valence-electron chi connectivity index (χ2n) is 3.53. The number of hydrogen-bond donors (Lipinski definition) is 2. The minimum absolute atomic E-state index is 0.0278. The van der Waals surface area contributed by atoms with Crippen molar-refractivity contribution in [3.63, 3.8) is 0 Å². The molecule has 0 aromatic heterocycles. The fourth-order valence-corrected chi connectivity index (χ4v) is 1.83. The fraction of sp³-hybridized carbons (Fsp3) is 0.900. The summed E-state index contributed by atoms with van der Waals surface area (Å²) in [6.07, 6.45) is 2.06. The number of amides is 1. The Morgan fingerprint density at radius 2 is 2.13 bits per heavy atom. The highest BCUT2D eigenvalue weighted by atomic mass is 32.2. The van der Waals surface area contributed by atoms with Crippen molar-refractivity contribution in [3.05, 3.63) is 0 Å².